The number of ether oxygens (including phenoxy) is 2. The molecule has 0 heterocycles. The SMILES string of the molecule is CC1(Oc2cc(C(=O)OCCN(C3CCCCC3)C3CCCCC3)ccc2F)CCCC1. The van der Waals surface area contributed by atoms with Gasteiger partial charge in [-0.25, -0.2) is 9.18 Å². The molecule has 0 radical (unpaired) electrons. The predicted molar refractivity (Wildman–Crippen MR) is 125 cm³/mol. The third-order valence-corrected chi connectivity index (χ3v) is 7.85. The highest BCUT2D eigenvalue weighted by molar-refractivity contribution is 5.89. The Morgan fingerprint density at radius 3 is 2.16 bits per heavy atom. The molecule has 0 bridgehead atoms. The highest BCUT2D eigenvalue weighted by Crippen LogP contribution is 2.35. The Kier molecular flexibility index (Phi) is 8.09. The van der Waals surface area contributed by atoms with Gasteiger partial charge in [0.2, 0.25) is 0 Å². The van der Waals surface area contributed by atoms with Crippen molar-refractivity contribution in [1.29, 1.82) is 0 Å². The third kappa shape index (κ3) is 6.03. The van der Waals surface area contributed by atoms with E-state index in [1.54, 1.807) is 0 Å². The molecule has 3 saturated carbocycles. The summed E-state index contributed by atoms with van der Waals surface area (Å²) < 4.78 is 26.0. The van der Waals surface area contributed by atoms with Crippen molar-refractivity contribution < 1.29 is 18.7 Å². The van der Waals surface area contributed by atoms with Crippen LogP contribution in [0.2, 0.25) is 0 Å². The smallest absolute Gasteiger partial charge is 0.338 e. The topological polar surface area (TPSA) is 38.8 Å². The molecular formula is C27H40FNO3. The molecule has 1 aromatic carbocycles. The van der Waals surface area contributed by atoms with Crippen molar-refractivity contribution in [2.45, 2.75) is 114 Å². The van der Waals surface area contributed by atoms with Gasteiger partial charge in [-0.05, 0) is 76.5 Å². The first-order valence-corrected chi connectivity index (χ1v) is 13.0. The lowest BCUT2D eigenvalue weighted by atomic mass is 9.88. The van der Waals surface area contributed by atoms with Crippen LogP contribution in [-0.4, -0.2) is 41.7 Å². The molecule has 3 aliphatic rings. The quantitative estimate of drug-likeness (QED) is 0.419. The predicted octanol–water partition coefficient (Wildman–Crippen LogP) is 6.66. The molecule has 0 aromatic heterocycles. The van der Waals surface area contributed by atoms with E-state index in [-0.39, 0.29) is 11.4 Å². The summed E-state index contributed by atoms with van der Waals surface area (Å²) in [4.78, 5) is 15.4. The van der Waals surface area contributed by atoms with Crippen molar-refractivity contribution >= 4 is 5.97 Å². The van der Waals surface area contributed by atoms with Crippen LogP contribution in [0.3, 0.4) is 0 Å². The third-order valence-electron chi connectivity index (χ3n) is 7.85. The maximum atomic E-state index is 14.3. The summed E-state index contributed by atoms with van der Waals surface area (Å²) in [6, 6.07) is 5.59. The Hall–Kier alpha value is -1.62. The van der Waals surface area contributed by atoms with Gasteiger partial charge in [0.05, 0.1) is 5.56 Å². The molecule has 3 fully saturated rings. The monoisotopic (exact) mass is 445 g/mol. The van der Waals surface area contributed by atoms with E-state index < -0.39 is 11.8 Å². The van der Waals surface area contributed by atoms with Crippen LogP contribution in [0.1, 0.15) is 107 Å². The molecule has 0 N–H and O–H groups in total. The molecule has 4 nitrogen and oxygen atoms in total. The second-order valence-electron chi connectivity index (χ2n) is 10.4. The minimum Gasteiger partial charge on any atom is -0.484 e. The van der Waals surface area contributed by atoms with Gasteiger partial charge < -0.3 is 9.47 Å². The number of esters is 1. The molecule has 0 spiro atoms. The van der Waals surface area contributed by atoms with E-state index in [0.717, 1.165) is 32.2 Å². The van der Waals surface area contributed by atoms with E-state index in [0.29, 0.717) is 24.3 Å². The summed E-state index contributed by atoms with van der Waals surface area (Å²) >= 11 is 0. The number of benzene rings is 1. The van der Waals surface area contributed by atoms with E-state index in [2.05, 4.69) is 4.90 Å². The second-order valence-corrected chi connectivity index (χ2v) is 10.4. The summed E-state index contributed by atoms with van der Waals surface area (Å²) in [7, 11) is 0. The Balaban J connectivity index is 1.35. The number of hydrogen-bond acceptors (Lipinski definition) is 4. The van der Waals surface area contributed by atoms with Gasteiger partial charge in [-0.1, -0.05) is 38.5 Å². The Morgan fingerprint density at radius 2 is 1.56 bits per heavy atom. The van der Waals surface area contributed by atoms with Gasteiger partial charge in [-0.15, -0.1) is 0 Å². The summed E-state index contributed by atoms with van der Waals surface area (Å²) in [6.45, 7) is 3.20. The van der Waals surface area contributed by atoms with E-state index in [1.807, 2.05) is 6.92 Å². The van der Waals surface area contributed by atoms with E-state index in [1.165, 1.54) is 82.4 Å². The van der Waals surface area contributed by atoms with Crippen molar-refractivity contribution in [3.8, 4) is 5.75 Å². The van der Waals surface area contributed by atoms with Gasteiger partial charge in [0.15, 0.2) is 11.6 Å². The maximum absolute atomic E-state index is 14.3. The first-order valence-electron chi connectivity index (χ1n) is 13.0. The highest BCUT2D eigenvalue weighted by atomic mass is 19.1. The summed E-state index contributed by atoms with van der Waals surface area (Å²) in [6.07, 6.45) is 17.0. The van der Waals surface area contributed by atoms with Crippen molar-refractivity contribution in [3.63, 3.8) is 0 Å². The van der Waals surface area contributed by atoms with Crippen LogP contribution in [-0.2, 0) is 4.74 Å². The summed E-state index contributed by atoms with van der Waals surface area (Å²) in [5.41, 5.74) is 0.0222. The molecule has 0 saturated heterocycles. The zero-order chi connectivity index (χ0) is 22.4. The Labute approximate surface area is 192 Å². The van der Waals surface area contributed by atoms with Crippen molar-refractivity contribution in [2.24, 2.45) is 0 Å². The van der Waals surface area contributed by atoms with Crippen LogP contribution < -0.4 is 4.74 Å². The summed E-state index contributed by atoms with van der Waals surface area (Å²) in [5.74, 6) is -0.649. The molecule has 0 amide bonds. The molecule has 4 rings (SSSR count). The van der Waals surface area contributed by atoms with Gasteiger partial charge in [0.25, 0.3) is 0 Å². The molecule has 5 heteroatoms. The van der Waals surface area contributed by atoms with Crippen molar-refractivity contribution in [3.05, 3.63) is 29.6 Å². The van der Waals surface area contributed by atoms with E-state index >= 15 is 0 Å². The zero-order valence-electron chi connectivity index (χ0n) is 19.8. The fourth-order valence-corrected chi connectivity index (χ4v) is 6.01. The van der Waals surface area contributed by atoms with E-state index in [4.69, 9.17) is 9.47 Å². The molecule has 32 heavy (non-hydrogen) atoms. The lowest BCUT2D eigenvalue weighted by molar-refractivity contribution is 0.0290. The molecule has 0 unspecified atom stereocenters. The maximum Gasteiger partial charge on any atom is 0.338 e. The van der Waals surface area contributed by atoms with Crippen LogP contribution in [0, 0.1) is 5.82 Å². The van der Waals surface area contributed by atoms with Crippen molar-refractivity contribution in [1.82, 2.24) is 4.90 Å². The number of hydrogen-bond donors (Lipinski definition) is 0. The number of nitrogens with zero attached hydrogens (tertiary/aromatic N) is 1. The summed E-state index contributed by atoms with van der Waals surface area (Å²) in [5, 5.41) is 0. The number of rotatable bonds is 8. The van der Waals surface area contributed by atoms with Gasteiger partial charge in [0.1, 0.15) is 12.2 Å². The number of carbonyl (C=O) groups is 1. The fraction of sp³-hybridized carbons (Fsp3) is 0.741. The number of carbonyl (C=O) groups excluding carboxylic acids is 1. The van der Waals surface area contributed by atoms with Gasteiger partial charge in [-0.2, -0.15) is 0 Å². The molecule has 0 atom stereocenters. The van der Waals surface area contributed by atoms with Crippen molar-refractivity contribution in [2.75, 3.05) is 13.2 Å². The minimum absolute atomic E-state index is 0.162. The Morgan fingerprint density at radius 1 is 0.969 bits per heavy atom. The Bertz CT molecular complexity index is 731. The largest absolute Gasteiger partial charge is 0.484 e. The average Bonchev–Trinajstić information content (AvgIpc) is 3.25. The standard InChI is InChI=1S/C27H40FNO3/c1-27(16-8-9-17-27)32-25-20-21(14-15-24(25)28)26(30)31-19-18-29(22-10-4-2-5-11-22)23-12-6-3-7-13-23/h14-15,20,22-23H,2-13,16-19H2,1H3. The molecular weight excluding hydrogens is 405 g/mol. The average molecular weight is 446 g/mol. The lowest BCUT2D eigenvalue weighted by Gasteiger charge is -2.41. The molecule has 178 valence electrons. The minimum atomic E-state index is -0.421. The first kappa shape index (κ1) is 23.5. The second kappa shape index (κ2) is 11.0. The van der Waals surface area contributed by atoms with Crippen LogP contribution in [0.5, 0.6) is 5.75 Å². The highest BCUT2D eigenvalue weighted by Gasteiger charge is 2.32. The van der Waals surface area contributed by atoms with Gasteiger partial charge in [-0.3, -0.25) is 4.90 Å². The molecule has 3 aliphatic carbocycles. The van der Waals surface area contributed by atoms with Crippen LogP contribution in [0.25, 0.3) is 0 Å². The molecule has 0 aliphatic heterocycles. The molecule has 1 aromatic rings. The van der Waals surface area contributed by atoms with Crippen LogP contribution >= 0.6 is 0 Å². The normalized spacial score (nSPS) is 22.2. The van der Waals surface area contributed by atoms with Crippen LogP contribution in [0.4, 0.5) is 4.39 Å². The first-order chi connectivity index (χ1) is 15.5. The van der Waals surface area contributed by atoms with Gasteiger partial charge >= 0.3 is 5.97 Å². The van der Waals surface area contributed by atoms with E-state index in [9.17, 15) is 9.18 Å². The fourth-order valence-electron chi connectivity index (χ4n) is 6.01. The lowest BCUT2D eigenvalue weighted by Crippen LogP contribution is -2.46. The van der Waals surface area contributed by atoms with Gasteiger partial charge in [0, 0.05) is 18.6 Å². The zero-order valence-corrected chi connectivity index (χ0v) is 19.8. The van der Waals surface area contributed by atoms with Crippen LogP contribution in [0.15, 0.2) is 18.2 Å². The number of halogens is 1.